The van der Waals surface area contributed by atoms with Gasteiger partial charge in [0.15, 0.2) is 5.75 Å². The first-order valence-electron chi connectivity index (χ1n) is 8.00. The molecule has 1 amide bonds. The van der Waals surface area contributed by atoms with Gasteiger partial charge in [0.1, 0.15) is 10.9 Å². The molecule has 1 fully saturated rings. The Labute approximate surface area is 182 Å². The number of carbonyl (C=O) groups excluding carboxylic acids is 1. The van der Waals surface area contributed by atoms with Gasteiger partial charge in [-0.15, -0.1) is 0 Å². The molecule has 1 aliphatic rings. The van der Waals surface area contributed by atoms with Crippen LogP contribution in [0.3, 0.4) is 0 Å². The zero-order chi connectivity index (χ0) is 19.6. The molecule has 2 aromatic rings. The molecular weight excluding hydrogens is 445 g/mol. The molecule has 3 rings (SSSR count). The summed E-state index contributed by atoms with van der Waals surface area (Å²) in [6, 6.07) is 10.7. The van der Waals surface area contributed by atoms with E-state index in [-0.39, 0.29) is 5.91 Å². The van der Waals surface area contributed by atoms with Crippen molar-refractivity contribution in [1.29, 1.82) is 0 Å². The topological polar surface area (TPSA) is 29.5 Å². The van der Waals surface area contributed by atoms with Crippen LogP contribution in [0.1, 0.15) is 18.1 Å². The Morgan fingerprint density at radius 2 is 1.78 bits per heavy atom. The molecule has 1 saturated heterocycles. The fourth-order valence-corrected chi connectivity index (χ4v) is 4.58. The van der Waals surface area contributed by atoms with Gasteiger partial charge in [0, 0.05) is 11.6 Å². The minimum absolute atomic E-state index is 0.109. The number of thioether (sulfide) groups is 1. The Bertz CT molecular complexity index is 906. The van der Waals surface area contributed by atoms with E-state index in [2.05, 4.69) is 0 Å². The van der Waals surface area contributed by atoms with Crippen LogP contribution >= 0.6 is 58.8 Å². The highest BCUT2D eigenvalue weighted by molar-refractivity contribution is 8.26. The molecular formula is C19H14Cl3NO2S2. The van der Waals surface area contributed by atoms with Gasteiger partial charge in [-0.1, -0.05) is 70.9 Å². The number of benzene rings is 2. The van der Waals surface area contributed by atoms with Gasteiger partial charge >= 0.3 is 0 Å². The second-order valence-corrected chi connectivity index (χ2v) is 8.58. The van der Waals surface area contributed by atoms with Crippen LogP contribution in [0.2, 0.25) is 15.1 Å². The number of halogens is 3. The maximum absolute atomic E-state index is 12.3. The fraction of sp³-hybridized carbons (Fsp3) is 0.158. The molecule has 0 bridgehead atoms. The Morgan fingerprint density at radius 1 is 1.15 bits per heavy atom. The lowest BCUT2D eigenvalue weighted by molar-refractivity contribution is -0.121. The highest BCUT2D eigenvalue weighted by Crippen LogP contribution is 2.37. The lowest BCUT2D eigenvalue weighted by Crippen LogP contribution is -2.27. The Balaban J connectivity index is 1.79. The van der Waals surface area contributed by atoms with Crippen LogP contribution in [0.5, 0.6) is 5.75 Å². The monoisotopic (exact) mass is 457 g/mol. The Hall–Kier alpha value is -1.24. The van der Waals surface area contributed by atoms with Crippen molar-refractivity contribution in [3.05, 3.63) is 67.5 Å². The molecule has 0 atom stereocenters. The van der Waals surface area contributed by atoms with Crippen molar-refractivity contribution in [2.45, 2.75) is 13.5 Å². The lowest BCUT2D eigenvalue weighted by Gasteiger charge is -2.11. The van der Waals surface area contributed by atoms with Crippen LogP contribution in [0.25, 0.3) is 6.08 Å². The van der Waals surface area contributed by atoms with Crippen LogP contribution in [0, 0.1) is 0 Å². The number of thiocarbonyl (C=S) groups is 1. The lowest BCUT2D eigenvalue weighted by atomic mass is 10.2. The van der Waals surface area contributed by atoms with E-state index in [0.717, 1.165) is 5.56 Å². The highest BCUT2D eigenvalue weighted by atomic mass is 35.5. The molecule has 0 spiro atoms. The molecule has 1 aliphatic heterocycles. The highest BCUT2D eigenvalue weighted by Gasteiger charge is 2.30. The third-order valence-corrected chi connectivity index (χ3v) is 6.00. The van der Waals surface area contributed by atoms with Crippen molar-refractivity contribution in [2.24, 2.45) is 0 Å². The summed E-state index contributed by atoms with van der Waals surface area (Å²) in [6.07, 6.45) is 1.73. The second kappa shape index (κ2) is 8.84. The van der Waals surface area contributed by atoms with Crippen molar-refractivity contribution in [3.8, 4) is 5.75 Å². The van der Waals surface area contributed by atoms with E-state index in [4.69, 9.17) is 51.8 Å². The van der Waals surface area contributed by atoms with E-state index >= 15 is 0 Å². The van der Waals surface area contributed by atoms with Crippen LogP contribution < -0.4 is 4.74 Å². The zero-order valence-corrected chi connectivity index (χ0v) is 18.1. The number of amides is 1. The predicted octanol–water partition coefficient (Wildman–Crippen LogP) is 6.45. The number of ether oxygens (including phenoxy) is 1. The molecule has 27 heavy (non-hydrogen) atoms. The fourth-order valence-electron chi connectivity index (χ4n) is 2.46. The van der Waals surface area contributed by atoms with Gasteiger partial charge in [0.05, 0.1) is 15.0 Å². The molecule has 8 heteroatoms. The average Bonchev–Trinajstić information content (AvgIpc) is 2.88. The first-order valence-corrected chi connectivity index (χ1v) is 10.4. The summed E-state index contributed by atoms with van der Waals surface area (Å²) in [5.74, 6) is 0.286. The van der Waals surface area contributed by atoms with Gasteiger partial charge < -0.3 is 4.74 Å². The van der Waals surface area contributed by atoms with E-state index in [1.807, 2.05) is 19.1 Å². The van der Waals surface area contributed by atoms with Crippen molar-refractivity contribution in [1.82, 2.24) is 4.90 Å². The molecule has 1 heterocycles. The second-order valence-electron chi connectivity index (χ2n) is 5.65. The third kappa shape index (κ3) is 4.79. The number of carbonyl (C=O) groups is 1. The first-order chi connectivity index (χ1) is 12.9. The summed E-state index contributed by atoms with van der Waals surface area (Å²) in [7, 11) is 0. The van der Waals surface area contributed by atoms with E-state index < -0.39 is 0 Å². The largest absolute Gasteiger partial charge is 0.486 e. The quantitative estimate of drug-likeness (QED) is 0.380. The number of hydrogen-bond donors (Lipinski definition) is 0. The molecule has 0 N–H and O–H groups in total. The molecule has 0 aromatic heterocycles. The summed E-state index contributed by atoms with van der Waals surface area (Å²) >= 11 is 25.1. The minimum atomic E-state index is -0.109. The van der Waals surface area contributed by atoms with Crippen LogP contribution in [0.4, 0.5) is 0 Å². The van der Waals surface area contributed by atoms with Gasteiger partial charge in [0.25, 0.3) is 5.91 Å². The van der Waals surface area contributed by atoms with Crippen LogP contribution in [-0.2, 0) is 11.4 Å². The van der Waals surface area contributed by atoms with E-state index in [1.165, 1.54) is 11.8 Å². The summed E-state index contributed by atoms with van der Waals surface area (Å²) in [4.78, 5) is 14.4. The van der Waals surface area contributed by atoms with E-state index in [0.29, 0.717) is 48.8 Å². The van der Waals surface area contributed by atoms with E-state index in [9.17, 15) is 4.79 Å². The van der Waals surface area contributed by atoms with Crippen molar-refractivity contribution in [3.63, 3.8) is 0 Å². The minimum Gasteiger partial charge on any atom is -0.486 e. The van der Waals surface area contributed by atoms with Gasteiger partial charge in [-0.3, -0.25) is 9.69 Å². The maximum atomic E-state index is 12.3. The Morgan fingerprint density at radius 3 is 2.33 bits per heavy atom. The molecule has 3 nitrogen and oxygen atoms in total. The summed E-state index contributed by atoms with van der Waals surface area (Å²) < 4.78 is 6.31. The van der Waals surface area contributed by atoms with E-state index in [1.54, 1.807) is 35.2 Å². The predicted molar refractivity (Wildman–Crippen MR) is 118 cm³/mol. The van der Waals surface area contributed by atoms with Crippen molar-refractivity contribution < 1.29 is 9.53 Å². The number of likely N-dealkylation sites (N-methyl/N-ethyl adjacent to an activating group) is 1. The number of rotatable bonds is 5. The molecule has 0 radical (unpaired) electrons. The normalized spacial score (nSPS) is 15.7. The molecule has 140 valence electrons. The molecule has 0 unspecified atom stereocenters. The zero-order valence-electron chi connectivity index (χ0n) is 14.2. The first kappa shape index (κ1) is 20.5. The van der Waals surface area contributed by atoms with Gasteiger partial charge in [0.2, 0.25) is 0 Å². The van der Waals surface area contributed by atoms with Crippen molar-refractivity contribution in [2.75, 3.05) is 6.54 Å². The molecule has 0 aliphatic carbocycles. The SMILES string of the molecule is CCN1C(=O)/C(=C/c2cc(Cl)c(OCc3ccc(Cl)cc3)c(Cl)c2)SC1=S. The van der Waals surface area contributed by atoms with Crippen LogP contribution in [0.15, 0.2) is 41.3 Å². The third-order valence-electron chi connectivity index (χ3n) is 3.80. The standard InChI is InChI=1S/C19H14Cl3NO2S2/c1-2-23-18(24)16(27-19(23)26)9-12-7-14(21)17(15(22)8-12)25-10-11-3-5-13(20)6-4-11/h3-9H,2,10H2,1H3/b16-9-. The van der Waals surface area contributed by atoms with Gasteiger partial charge in [-0.2, -0.15) is 0 Å². The number of hydrogen-bond acceptors (Lipinski definition) is 4. The molecule has 0 saturated carbocycles. The Kier molecular flexibility index (Phi) is 6.71. The maximum Gasteiger partial charge on any atom is 0.266 e. The van der Waals surface area contributed by atoms with Crippen molar-refractivity contribution >= 4 is 75.1 Å². The average molecular weight is 459 g/mol. The van der Waals surface area contributed by atoms with Gasteiger partial charge in [-0.25, -0.2) is 0 Å². The summed E-state index contributed by atoms with van der Waals surface area (Å²) in [6.45, 7) is 2.74. The number of nitrogens with zero attached hydrogens (tertiary/aromatic N) is 1. The van der Waals surface area contributed by atoms with Crippen LogP contribution in [-0.4, -0.2) is 21.7 Å². The van der Waals surface area contributed by atoms with Gasteiger partial charge in [-0.05, 0) is 48.4 Å². The summed E-state index contributed by atoms with van der Waals surface area (Å²) in [5.41, 5.74) is 1.65. The smallest absolute Gasteiger partial charge is 0.266 e. The molecule has 2 aromatic carbocycles. The summed E-state index contributed by atoms with van der Waals surface area (Å²) in [5, 5.41) is 1.40.